The molecule has 0 aliphatic carbocycles. The highest BCUT2D eigenvalue weighted by atomic mass is 16.1. The molecule has 0 bridgehead atoms. The molecule has 2 aromatic rings. The lowest BCUT2D eigenvalue weighted by Crippen LogP contribution is -2.12. The van der Waals surface area contributed by atoms with Gasteiger partial charge in [-0.3, -0.25) is 9.48 Å². The summed E-state index contributed by atoms with van der Waals surface area (Å²) in [7, 11) is 0. The van der Waals surface area contributed by atoms with Gasteiger partial charge in [0.25, 0.3) is 5.91 Å². The van der Waals surface area contributed by atoms with E-state index >= 15 is 0 Å². The quantitative estimate of drug-likeness (QED) is 0.756. The van der Waals surface area contributed by atoms with Crippen LogP contribution in [0.1, 0.15) is 16.1 Å². The van der Waals surface area contributed by atoms with E-state index in [2.05, 4.69) is 10.1 Å². The van der Waals surface area contributed by atoms with Crippen molar-refractivity contribution >= 4 is 11.7 Å². The molecule has 6 heteroatoms. The number of nitrogen functional groups attached to an aromatic ring is 1. The average molecular weight is 217 g/mol. The van der Waals surface area contributed by atoms with E-state index in [1.807, 2.05) is 6.07 Å². The molecule has 16 heavy (non-hydrogen) atoms. The SMILES string of the molecule is NC(=O)c1ccn(Cc2ccnc(N)c2)n1. The van der Waals surface area contributed by atoms with Crippen molar-refractivity contribution in [1.29, 1.82) is 0 Å². The first-order valence-corrected chi connectivity index (χ1v) is 4.69. The molecule has 0 fully saturated rings. The molecule has 0 saturated heterocycles. The summed E-state index contributed by atoms with van der Waals surface area (Å²) in [5.41, 5.74) is 11.9. The minimum Gasteiger partial charge on any atom is -0.384 e. The lowest BCUT2D eigenvalue weighted by atomic mass is 10.2. The number of anilines is 1. The van der Waals surface area contributed by atoms with Crippen LogP contribution in [0.4, 0.5) is 5.82 Å². The van der Waals surface area contributed by atoms with Crippen LogP contribution in [0.15, 0.2) is 30.6 Å². The van der Waals surface area contributed by atoms with Crippen LogP contribution in [0, 0.1) is 0 Å². The Balaban J connectivity index is 2.17. The van der Waals surface area contributed by atoms with E-state index in [0.29, 0.717) is 12.4 Å². The number of rotatable bonds is 3. The molecule has 0 unspecified atom stereocenters. The predicted molar refractivity (Wildman–Crippen MR) is 58.5 cm³/mol. The van der Waals surface area contributed by atoms with Crippen LogP contribution < -0.4 is 11.5 Å². The number of hydrogen-bond acceptors (Lipinski definition) is 4. The molecule has 1 amide bonds. The largest absolute Gasteiger partial charge is 0.384 e. The number of carbonyl (C=O) groups is 1. The van der Waals surface area contributed by atoms with Crippen LogP contribution in [-0.4, -0.2) is 20.7 Å². The summed E-state index contributed by atoms with van der Waals surface area (Å²) < 4.78 is 1.62. The Hall–Kier alpha value is -2.37. The van der Waals surface area contributed by atoms with Crippen LogP contribution in [0.3, 0.4) is 0 Å². The number of hydrogen-bond donors (Lipinski definition) is 2. The Morgan fingerprint density at radius 1 is 1.44 bits per heavy atom. The van der Waals surface area contributed by atoms with E-state index in [0.717, 1.165) is 5.56 Å². The van der Waals surface area contributed by atoms with Crippen LogP contribution in [-0.2, 0) is 6.54 Å². The van der Waals surface area contributed by atoms with Crippen molar-refractivity contribution in [3.8, 4) is 0 Å². The third-order valence-corrected chi connectivity index (χ3v) is 2.08. The Kier molecular flexibility index (Phi) is 2.55. The number of primary amides is 1. The molecule has 2 rings (SSSR count). The predicted octanol–water partition coefficient (Wildman–Crippen LogP) is 0.00750. The van der Waals surface area contributed by atoms with Crippen LogP contribution in [0.5, 0.6) is 0 Å². The molecule has 2 heterocycles. The monoisotopic (exact) mass is 217 g/mol. The van der Waals surface area contributed by atoms with Gasteiger partial charge >= 0.3 is 0 Å². The van der Waals surface area contributed by atoms with E-state index in [1.54, 1.807) is 29.2 Å². The van der Waals surface area contributed by atoms with Crippen molar-refractivity contribution in [2.45, 2.75) is 6.54 Å². The minimum atomic E-state index is -0.534. The Labute approximate surface area is 91.9 Å². The van der Waals surface area contributed by atoms with Gasteiger partial charge in [-0.05, 0) is 23.8 Å². The summed E-state index contributed by atoms with van der Waals surface area (Å²) in [6.07, 6.45) is 3.32. The molecule has 0 aromatic carbocycles. The zero-order chi connectivity index (χ0) is 11.5. The summed E-state index contributed by atoms with van der Waals surface area (Å²) in [6.45, 7) is 0.528. The zero-order valence-corrected chi connectivity index (χ0v) is 8.50. The molecule has 0 aliphatic heterocycles. The summed E-state index contributed by atoms with van der Waals surface area (Å²) in [5, 5.41) is 4.02. The number of pyridine rings is 1. The Bertz CT molecular complexity index is 519. The second-order valence-corrected chi connectivity index (χ2v) is 3.35. The van der Waals surface area contributed by atoms with Crippen molar-refractivity contribution in [3.63, 3.8) is 0 Å². The molecule has 2 aromatic heterocycles. The van der Waals surface area contributed by atoms with Crippen molar-refractivity contribution < 1.29 is 4.79 Å². The number of carbonyl (C=O) groups excluding carboxylic acids is 1. The van der Waals surface area contributed by atoms with Gasteiger partial charge in [-0.25, -0.2) is 4.98 Å². The lowest BCUT2D eigenvalue weighted by Gasteiger charge is -2.01. The number of aromatic nitrogens is 3. The van der Waals surface area contributed by atoms with Crippen LogP contribution in [0.2, 0.25) is 0 Å². The molecule has 82 valence electrons. The summed E-state index contributed by atoms with van der Waals surface area (Å²) in [6, 6.07) is 5.17. The van der Waals surface area contributed by atoms with Gasteiger partial charge in [0.1, 0.15) is 11.5 Å². The summed E-state index contributed by atoms with van der Waals surface area (Å²) >= 11 is 0. The van der Waals surface area contributed by atoms with Gasteiger partial charge in [-0.15, -0.1) is 0 Å². The third-order valence-electron chi connectivity index (χ3n) is 2.08. The topological polar surface area (TPSA) is 99.8 Å². The van der Waals surface area contributed by atoms with Crippen LogP contribution >= 0.6 is 0 Å². The number of nitrogens with zero attached hydrogens (tertiary/aromatic N) is 3. The first kappa shape index (κ1) is 10.2. The van der Waals surface area contributed by atoms with Gasteiger partial charge in [-0.2, -0.15) is 5.10 Å². The van der Waals surface area contributed by atoms with E-state index in [9.17, 15) is 4.79 Å². The van der Waals surface area contributed by atoms with E-state index < -0.39 is 5.91 Å². The fourth-order valence-corrected chi connectivity index (χ4v) is 1.36. The molecular weight excluding hydrogens is 206 g/mol. The van der Waals surface area contributed by atoms with Crippen molar-refractivity contribution in [3.05, 3.63) is 41.9 Å². The molecule has 0 aliphatic rings. The molecule has 0 saturated carbocycles. The first-order valence-electron chi connectivity index (χ1n) is 4.69. The fourth-order valence-electron chi connectivity index (χ4n) is 1.36. The zero-order valence-electron chi connectivity index (χ0n) is 8.50. The van der Waals surface area contributed by atoms with Crippen molar-refractivity contribution in [2.24, 2.45) is 5.73 Å². The highest BCUT2D eigenvalue weighted by Gasteiger charge is 2.04. The van der Waals surface area contributed by atoms with Crippen molar-refractivity contribution in [1.82, 2.24) is 14.8 Å². The molecule has 6 nitrogen and oxygen atoms in total. The molecule has 4 N–H and O–H groups in total. The minimum absolute atomic E-state index is 0.252. The molecule has 0 spiro atoms. The number of nitrogens with two attached hydrogens (primary N) is 2. The van der Waals surface area contributed by atoms with E-state index in [4.69, 9.17) is 11.5 Å². The second-order valence-electron chi connectivity index (χ2n) is 3.35. The van der Waals surface area contributed by atoms with Gasteiger partial charge < -0.3 is 11.5 Å². The first-order chi connectivity index (χ1) is 7.65. The molecular formula is C10H11N5O. The smallest absolute Gasteiger partial charge is 0.269 e. The van der Waals surface area contributed by atoms with Gasteiger partial charge in [0.05, 0.1) is 6.54 Å². The normalized spacial score (nSPS) is 10.2. The maximum Gasteiger partial charge on any atom is 0.269 e. The summed E-state index contributed by atoms with van der Waals surface area (Å²) in [4.78, 5) is 14.7. The van der Waals surface area contributed by atoms with E-state index in [-0.39, 0.29) is 5.69 Å². The van der Waals surface area contributed by atoms with Gasteiger partial charge in [0.15, 0.2) is 0 Å². The molecule has 0 radical (unpaired) electrons. The maximum absolute atomic E-state index is 10.8. The summed E-state index contributed by atoms with van der Waals surface area (Å²) in [5.74, 6) is -0.0761. The highest BCUT2D eigenvalue weighted by molar-refractivity contribution is 5.90. The average Bonchev–Trinajstić information content (AvgIpc) is 2.66. The second kappa shape index (κ2) is 4.01. The van der Waals surface area contributed by atoms with Gasteiger partial charge in [0, 0.05) is 12.4 Å². The third kappa shape index (κ3) is 2.17. The van der Waals surface area contributed by atoms with Gasteiger partial charge in [0.2, 0.25) is 0 Å². The van der Waals surface area contributed by atoms with Gasteiger partial charge in [-0.1, -0.05) is 0 Å². The highest BCUT2D eigenvalue weighted by Crippen LogP contribution is 2.05. The fraction of sp³-hybridized carbons (Fsp3) is 0.100. The Morgan fingerprint density at radius 3 is 2.88 bits per heavy atom. The standard InChI is InChI=1S/C10H11N5O/c11-9-5-7(1-3-13-9)6-15-4-2-8(14-15)10(12)16/h1-5H,6H2,(H2,11,13)(H2,12,16). The lowest BCUT2D eigenvalue weighted by molar-refractivity contribution is 0.0995. The van der Waals surface area contributed by atoms with Crippen molar-refractivity contribution in [2.75, 3.05) is 5.73 Å². The van der Waals surface area contributed by atoms with E-state index in [1.165, 1.54) is 0 Å². The van der Waals surface area contributed by atoms with Crippen LogP contribution in [0.25, 0.3) is 0 Å². The Morgan fingerprint density at radius 2 is 2.25 bits per heavy atom. The molecule has 0 atom stereocenters. The number of amides is 1. The maximum atomic E-state index is 10.8.